The first-order valence-electron chi connectivity index (χ1n) is 11.2. The van der Waals surface area contributed by atoms with E-state index in [9.17, 15) is 0 Å². The summed E-state index contributed by atoms with van der Waals surface area (Å²) in [6, 6.07) is 2.56. The van der Waals surface area contributed by atoms with Crippen LogP contribution in [0, 0.1) is 0 Å². The zero-order valence-electron chi connectivity index (χ0n) is 19.2. The minimum atomic E-state index is 0.640. The van der Waals surface area contributed by atoms with Crippen molar-refractivity contribution < 1.29 is 0 Å². The van der Waals surface area contributed by atoms with Crippen molar-refractivity contribution in [3.63, 3.8) is 0 Å². The van der Waals surface area contributed by atoms with Crippen LogP contribution < -0.4 is 0 Å². The van der Waals surface area contributed by atoms with Gasteiger partial charge < -0.3 is 0 Å². The third kappa shape index (κ3) is 8.69. The molecule has 0 atom stereocenters. The zero-order valence-corrected chi connectivity index (χ0v) is 19.2. The van der Waals surface area contributed by atoms with Crippen molar-refractivity contribution in [2.45, 2.75) is 92.4 Å². The summed E-state index contributed by atoms with van der Waals surface area (Å²) in [5.41, 5.74) is 0. The fourth-order valence-electron chi connectivity index (χ4n) is 3.98. The first-order chi connectivity index (χ1) is 12.2. The van der Waals surface area contributed by atoms with Gasteiger partial charge in [0, 0.05) is 50.3 Å². The van der Waals surface area contributed by atoms with Gasteiger partial charge in [-0.25, -0.2) is 0 Å². The van der Waals surface area contributed by atoms with Gasteiger partial charge in [0.2, 0.25) is 0 Å². The Bertz CT molecular complexity index is 288. The molecule has 0 amide bonds. The molecule has 0 aromatic heterocycles. The molecule has 1 aliphatic heterocycles. The molecule has 0 N–H and O–H groups in total. The average molecular weight is 369 g/mol. The molecule has 156 valence electrons. The predicted molar refractivity (Wildman–Crippen MR) is 116 cm³/mol. The molecule has 1 fully saturated rings. The summed E-state index contributed by atoms with van der Waals surface area (Å²) < 4.78 is 0. The molecule has 4 nitrogen and oxygen atoms in total. The van der Waals surface area contributed by atoms with Gasteiger partial charge in [-0.1, -0.05) is 0 Å². The molecule has 1 aliphatic rings. The molecule has 0 aliphatic carbocycles. The fraction of sp³-hybridized carbons (Fsp3) is 1.00. The van der Waals surface area contributed by atoms with Gasteiger partial charge >= 0.3 is 0 Å². The summed E-state index contributed by atoms with van der Waals surface area (Å²) in [4.78, 5) is 10.7. The summed E-state index contributed by atoms with van der Waals surface area (Å²) in [6.45, 7) is 28.5. The highest BCUT2D eigenvalue weighted by Crippen LogP contribution is 2.09. The van der Waals surface area contributed by atoms with E-state index in [2.05, 4.69) is 75.0 Å². The van der Waals surface area contributed by atoms with Crippen LogP contribution in [0.3, 0.4) is 0 Å². The topological polar surface area (TPSA) is 13.0 Å². The van der Waals surface area contributed by atoms with E-state index in [-0.39, 0.29) is 0 Å². The van der Waals surface area contributed by atoms with Crippen molar-refractivity contribution in [3.05, 3.63) is 0 Å². The quantitative estimate of drug-likeness (QED) is 0.751. The SMILES string of the molecule is CC(C)N1CCCN(C(C)C)CCN(C(C)C)CCCN(C(C)C)CC1. The van der Waals surface area contributed by atoms with E-state index in [0.29, 0.717) is 24.2 Å². The molecule has 0 unspecified atom stereocenters. The highest BCUT2D eigenvalue weighted by atomic mass is 15.2. The van der Waals surface area contributed by atoms with Crippen LogP contribution in [0.25, 0.3) is 0 Å². The van der Waals surface area contributed by atoms with Crippen LogP contribution in [0.15, 0.2) is 0 Å². The van der Waals surface area contributed by atoms with E-state index in [4.69, 9.17) is 0 Å². The van der Waals surface area contributed by atoms with Crippen molar-refractivity contribution in [2.24, 2.45) is 0 Å². The maximum Gasteiger partial charge on any atom is 0.0112 e. The lowest BCUT2D eigenvalue weighted by atomic mass is 10.2. The van der Waals surface area contributed by atoms with Crippen LogP contribution in [-0.4, -0.2) is 96.1 Å². The third-order valence-electron chi connectivity index (χ3n) is 6.05. The first-order valence-corrected chi connectivity index (χ1v) is 11.2. The third-order valence-corrected chi connectivity index (χ3v) is 6.05. The van der Waals surface area contributed by atoms with Crippen LogP contribution >= 0.6 is 0 Å². The number of rotatable bonds is 4. The zero-order chi connectivity index (χ0) is 19.7. The average Bonchev–Trinajstić information content (AvgIpc) is 2.54. The molecule has 0 spiro atoms. The van der Waals surface area contributed by atoms with Gasteiger partial charge in [-0.3, -0.25) is 19.6 Å². The second-order valence-electron chi connectivity index (χ2n) is 9.23. The molecule has 0 bridgehead atoms. The Labute approximate surface area is 164 Å². The van der Waals surface area contributed by atoms with Crippen LogP contribution in [0.2, 0.25) is 0 Å². The van der Waals surface area contributed by atoms with Crippen molar-refractivity contribution in [2.75, 3.05) is 52.4 Å². The number of hydrogen-bond acceptors (Lipinski definition) is 4. The van der Waals surface area contributed by atoms with Crippen molar-refractivity contribution >= 4 is 0 Å². The van der Waals surface area contributed by atoms with E-state index in [1.807, 2.05) is 0 Å². The minimum absolute atomic E-state index is 0.640. The summed E-state index contributed by atoms with van der Waals surface area (Å²) in [7, 11) is 0. The maximum absolute atomic E-state index is 2.68. The highest BCUT2D eigenvalue weighted by Gasteiger charge is 2.18. The monoisotopic (exact) mass is 368 g/mol. The van der Waals surface area contributed by atoms with E-state index in [1.54, 1.807) is 0 Å². The molecule has 1 heterocycles. The Hall–Kier alpha value is -0.160. The van der Waals surface area contributed by atoms with Crippen molar-refractivity contribution in [3.8, 4) is 0 Å². The molecule has 0 aromatic rings. The minimum Gasteiger partial charge on any atom is -0.300 e. The molecule has 26 heavy (non-hydrogen) atoms. The van der Waals surface area contributed by atoms with Crippen LogP contribution in [0.5, 0.6) is 0 Å². The van der Waals surface area contributed by atoms with Crippen LogP contribution in [0.4, 0.5) is 0 Å². The van der Waals surface area contributed by atoms with Crippen LogP contribution in [0.1, 0.15) is 68.2 Å². The Balaban J connectivity index is 2.80. The van der Waals surface area contributed by atoms with Gasteiger partial charge in [-0.15, -0.1) is 0 Å². The molecule has 1 rings (SSSR count). The van der Waals surface area contributed by atoms with Gasteiger partial charge in [0.05, 0.1) is 0 Å². The summed E-state index contributed by atoms with van der Waals surface area (Å²) in [5.74, 6) is 0. The van der Waals surface area contributed by atoms with E-state index in [1.165, 1.54) is 65.2 Å². The van der Waals surface area contributed by atoms with Gasteiger partial charge in [0.15, 0.2) is 0 Å². The van der Waals surface area contributed by atoms with Gasteiger partial charge in [-0.05, 0) is 94.4 Å². The fourth-order valence-corrected chi connectivity index (χ4v) is 3.98. The predicted octanol–water partition coefficient (Wildman–Crippen LogP) is 3.62. The second kappa shape index (κ2) is 12.3. The molecule has 0 radical (unpaired) electrons. The lowest BCUT2D eigenvalue weighted by molar-refractivity contribution is 0.114. The van der Waals surface area contributed by atoms with E-state index < -0.39 is 0 Å². The smallest absolute Gasteiger partial charge is 0.0112 e. The Morgan fingerprint density at radius 2 is 0.538 bits per heavy atom. The van der Waals surface area contributed by atoms with Crippen LogP contribution in [-0.2, 0) is 0 Å². The molecular formula is C22H48N4. The highest BCUT2D eigenvalue weighted by molar-refractivity contribution is 4.74. The molecule has 0 aromatic carbocycles. The Morgan fingerprint density at radius 3 is 0.692 bits per heavy atom. The van der Waals surface area contributed by atoms with Gasteiger partial charge in [0.1, 0.15) is 0 Å². The van der Waals surface area contributed by atoms with Crippen molar-refractivity contribution in [1.29, 1.82) is 0 Å². The second-order valence-corrected chi connectivity index (χ2v) is 9.23. The Kier molecular flexibility index (Phi) is 11.3. The molecule has 0 saturated carbocycles. The maximum atomic E-state index is 2.68. The number of hydrogen-bond donors (Lipinski definition) is 0. The lowest BCUT2D eigenvalue weighted by Crippen LogP contribution is -2.46. The van der Waals surface area contributed by atoms with E-state index in [0.717, 1.165) is 0 Å². The Morgan fingerprint density at radius 1 is 0.346 bits per heavy atom. The molecule has 4 heteroatoms. The van der Waals surface area contributed by atoms with Crippen molar-refractivity contribution in [1.82, 2.24) is 19.6 Å². The summed E-state index contributed by atoms with van der Waals surface area (Å²) in [6.07, 6.45) is 2.55. The lowest BCUT2D eigenvalue weighted by Gasteiger charge is -2.36. The number of nitrogens with zero attached hydrogens (tertiary/aromatic N) is 4. The molecular weight excluding hydrogens is 320 g/mol. The van der Waals surface area contributed by atoms with Gasteiger partial charge in [0.25, 0.3) is 0 Å². The van der Waals surface area contributed by atoms with E-state index >= 15 is 0 Å². The summed E-state index contributed by atoms with van der Waals surface area (Å²) >= 11 is 0. The normalized spacial score (nSPS) is 22.6. The summed E-state index contributed by atoms with van der Waals surface area (Å²) in [5, 5.41) is 0. The standard InChI is InChI=1S/C22H48N4/c1-19(2)23-11-9-12-25(21(5)6)17-18-26(22(7)8)14-10-13-24(16-15-23)20(3)4/h19-22H,9-18H2,1-8H3. The first kappa shape index (κ1) is 23.9. The van der Waals surface area contributed by atoms with Gasteiger partial charge in [-0.2, -0.15) is 0 Å². The molecule has 1 saturated heterocycles. The largest absolute Gasteiger partial charge is 0.300 e.